The van der Waals surface area contributed by atoms with E-state index in [-0.39, 0.29) is 0 Å². The van der Waals surface area contributed by atoms with Crippen LogP contribution < -0.4 is 5.32 Å². The zero-order valence-electron chi connectivity index (χ0n) is 13.7. The highest BCUT2D eigenvalue weighted by Gasteiger charge is 2.38. The predicted octanol–water partition coefficient (Wildman–Crippen LogP) is 2.78. The van der Waals surface area contributed by atoms with Crippen LogP contribution in [0.25, 0.3) is 0 Å². The quantitative estimate of drug-likeness (QED) is 0.761. The smallest absolute Gasteiger partial charge is 0.0758 e. The number of hydrogen-bond donors (Lipinski definition) is 2. The molecule has 1 unspecified atom stereocenters. The van der Waals surface area contributed by atoms with Gasteiger partial charge in [0.05, 0.1) is 5.60 Å². The monoisotopic (exact) mass is 282 g/mol. The first-order valence-corrected chi connectivity index (χ1v) is 8.59. The summed E-state index contributed by atoms with van der Waals surface area (Å²) >= 11 is 0. The molecule has 2 fully saturated rings. The maximum absolute atomic E-state index is 10.2. The average molecular weight is 282 g/mol. The predicted molar refractivity (Wildman–Crippen MR) is 85.0 cm³/mol. The minimum Gasteiger partial charge on any atom is -0.389 e. The van der Waals surface area contributed by atoms with Gasteiger partial charge in [-0.15, -0.1) is 0 Å². The van der Waals surface area contributed by atoms with E-state index in [9.17, 15) is 5.11 Å². The summed E-state index contributed by atoms with van der Waals surface area (Å²) in [5, 5.41) is 13.9. The van der Waals surface area contributed by atoms with E-state index >= 15 is 0 Å². The lowest BCUT2D eigenvalue weighted by Crippen LogP contribution is -2.45. The third-order valence-corrected chi connectivity index (χ3v) is 5.14. The lowest BCUT2D eigenvalue weighted by Gasteiger charge is -2.38. The highest BCUT2D eigenvalue weighted by atomic mass is 16.3. The fourth-order valence-electron chi connectivity index (χ4n) is 3.94. The van der Waals surface area contributed by atoms with E-state index in [1.54, 1.807) is 0 Å². The summed E-state index contributed by atoms with van der Waals surface area (Å²) in [4.78, 5) is 2.51. The van der Waals surface area contributed by atoms with Gasteiger partial charge < -0.3 is 10.4 Å². The Morgan fingerprint density at radius 2 is 1.75 bits per heavy atom. The maximum atomic E-state index is 10.2. The molecule has 0 radical (unpaired) electrons. The molecule has 1 aliphatic carbocycles. The van der Waals surface area contributed by atoms with Gasteiger partial charge in [-0.05, 0) is 31.6 Å². The molecule has 1 atom stereocenters. The van der Waals surface area contributed by atoms with Gasteiger partial charge in [0.15, 0.2) is 0 Å². The number of rotatable bonds is 5. The lowest BCUT2D eigenvalue weighted by atomic mass is 9.79. The summed E-state index contributed by atoms with van der Waals surface area (Å²) in [6, 6.07) is 0.566. The Kier molecular flexibility index (Phi) is 5.49. The van der Waals surface area contributed by atoms with Crippen LogP contribution in [0, 0.1) is 5.41 Å². The Morgan fingerprint density at radius 1 is 1.10 bits per heavy atom. The first-order valence-electron chi connectivity index (χ1n) is 8.59. The summed E-state index contributed by atoms with van der Waals surface area (Å²) in [5.74, 6) is 0. The normalized spacial score (nSPS) is 31.6. The van der Waals surface area contributed by atoms with Crippen LogP contribution in [0.5, 0.6) is 0 Å². The molecule has 1 aliphatic heterocycles. The van der Waals surface area contributed by atoms with Crippen molar-refractivity contribution in [3.63, 3.8) is 0 Å². The standard InChI is InChI=1S/C17H34N2O/c1-15(2)18-12-17(8-6-4-5-7-9-17)14-19-11-10-16(3,20)13-19/h15,18,20H,4-14H2,1-3H3. The molecular weight excluding hydrogens is 248 g/mol. The van der Waals surface area contributed by atoms with Crippen molar-refractivity contribution in [1.29, 1.82) is 0 Å². The van der Waals surface area contributed by atoms with Gasteiger partial charge in [0.2, 0.25) is 0 Å². The molecule has 3 nitrogen and oxygen atoms in total. The zero-order valence-corrected chi connectivity index (χ0v) is 13.7. The molecular formula is C17H34N2O. The number of likely N-dealkylation sites (tertiary alicyclic amines) is 1. The van der Waals surface area contributed by atoms with Crippen molar-refractivity contribution in [2.45, 2.75) is 77.4 Å². The lowest BCUT2D eigenvalue weighted by molar-refractivity contribution is 0.0577. The van der Waals surface area contributed by atoms with Crippen molar-refractivity contribution in [1.82, 2.24) is 10.2 Å². The minimum atomic E-state index is -0.461. The van der Waals surface area contributed by atoms with Crippen molar-refractivity contribution in [3.05, 3.63) is 0 Å². The second-order valence-electron chi connectivity index (χ2n) is 7.91. The highest BCUT2D eigenvalue weighted by molar-refractivity contribution is 4.93. The first kappa shape index (κ1) is 16.3. The Morgan fingerprint density at radius 3 is 2.25 bits per heavy atom. The fraction of sp³-hybridized carbons (Fsp3) is 1.00. The molecule has 0 amide bonds. The summed E-state index contributed by atoms with van der Waals surface area (Å²) in [6.07, 6.45) is 9.20. The molecule has 1 heterocycles. The van der Waals surface area contributed by atoms with Gasteiger partial charge in [-0.1, -0.05) is 39.5 Å². The zero-order chi connectivity index (χ0) is 14.6. The van der Waals surface area contributed by atoms with Crippen molar-refractivity contribution >= 4 is 0 Å². The Balaban J connectivity index is 1.98. The minimum absolute atomic E-state index is 0.432. The molecule has 1 saturated carbocycles. The SMILES string of the molecule is CC(C)NCC1(CN2CCC(C)(O)C2)CCCCCC1. The Labute approximate surface area is 125 Å². The van der Waals surface area contributed by atoms with Gasteiger partial charge in [-0.2, -0.15) is 0 Å². The molecule has 20 heavy (non-hydrogen) atoms. The van der Waals surface area contributed by atoms with E-state index in [0.29, 0.717) is 11.5 Å². The van der Waals surface area contributed by atoms with Crippen molar-refractivity contribution in [2.75, 3.05) is 26.2 Å². The van der Waals surface area contributed by atoms with Crippen LogP contribution in [-0.4, -0.2) is 47.8 Å². The molecule has 3 heteroatoms. The van der Waals surface area contributed by atoms with Crippen LogP contribution in [0.2, 0.25) is 0 Å². The number of hydrogen-bond acceptors (Lipinski definition) is 3. The van der Waals surface area contributed by atoms with E-state index in [1.165, 1.54) is 45.1 Å². The van der Waals surface area contributed by atoms with Gasteiger partial charge in [-0.25, -0.2) is 0 Å². The van der Waals surface area contributed by atoms with Crippen molar-refractivity contribution in [2.24, 2.45) is 5.41 Å². The molecule has 2 N–H and O–H groups in total. The van der Waals surface area contributed by atoms with Gasteiger partial charge in [0.25, 0.3) is 0 Å². The van der Waals surface area contributed by atoms with Crippen LogP contribution in [-0.2, 0) is 0 Å². The van der Waals surface area contributed by atoms with Crippen LogP contribution >= 0.6 is 0 Å². The van der Waals surface area contributed by atoms with Gasteiger partial charge >= 0.3 is 0 Å². The van der Waals surface area contributed by atoms with E-state index in [4.69, 9.17) is 0 Å². The van der Waals surface area contributed by atoms with Crippen LogP contribution in [0.4, 0.5) is 0 Å². The average Bonchev–Trinajstić information content (AvgIpc) is 2.58. The third kappa shape index (κ3) is 4.71. The Hall–Kier alpha value is -0.120. The number of nitrogens with zero attached hydrogens (tertiary/aromatic N) is 1. The highest BCUT2D eigenvalue weighted by Crippen LogP contribution is 2.37. The van der Waals surface area contributed by atoms with E-state index in [0.717, 1.165) is 26.1 Å². The number of aliphatic hydroxyl groups is 1. The van der Waals surface area contributed by atoms with Gasteiger partial charge in [0, 0.05) is 32.2 Å². The van der Waals surface area contributed by atoms with Gasteiger partial charge in [-0.3, -0.25) is 4.90 Å². The summed E-state index contributed by atoms with van der Waals surface area (Å²) < 4.78 is 0. The molecule has 0 aromatic carbocycles. The summed E-state index contributed by atoms with van der Waals surface area (Å²) in [7, 11) is 0. The number of nitrogens with one attached hydrogen (secondary N) is 1. The Bertz CT molecular complexity index is 293. The fourth-order valence-corrected chi connectivity index (χ4v) is 3.94. The molecule has 0 spiro atoms. The largest absolute Gasteiger partial charge is 0.389 e. The second-order valence-corrected chi connectivity index (χ2v) is 7.91. The first-order chi connectivity index (χ1) is 9.41. The topological polar surface area (TPSA) is 35.5 Å². The maximum Gasteiger partial charge on any atom is 0.0758 e. The third-order valence-electron chi connectivity index (χ3n) is 5.14. The van der Waals surface area contributed by atoms with Crippen LogP contribution in [0.1, 0.15) is 65.7 Å². The summed E-state index contributed by atoms with van der Waals surface area (Å²) in [6.45, 7) is 10.7. The van der Waals surface area contributed by atoms with E-state index in [1.807, 2.05) is 6.92 Å². The molecule has 0 aromatic heterocycles. The van der Waals surface area contributed by atoms with Crippen molar-refractivity contribution < 1.29 is 5.11 Å². The molecule has 1 saturated heterocycles. The second kappa shape index (κ2) is 6.76. The molecule has 2 aliphatic rings. The van der Waals surface area contributed by atoms with Gasteiger partial charge in [0.1, 0.15) is 0 Å². The number of β-amino-alcohol motifs (C(OH)–C–C–N with tert-alkyl or cyclic N) is 1. The molecule has 2 rings (SSSR count). The van der Waals surface area contributed by atoms with Crippen molar-refractivity contribution in [3.8, 4) is 0 Å². The molecule has 0 aromatic rings. The summed E-state index contributed by atoms with van der Waals surface area (Å²) in [5.41, 5.74) is -0.0292. The molecule has 118 valence electrons. The van der Waals surface area contributed by atoms with Crippen LogP contribution in [0.15, 0.2) is 0 Å². The molecule has 0 bridgehead atoms. The van der Waals surface area contributed by atoms with E-state index in [2.05, 4.69) is 24.1 Å². The van der Waals surface area contributed by atoms with Crippen LogP contribution in [0.3, 0.4) is 0 Å². The van der Waals surface area contributed by atoms with E-state index < -0.39 is 5.60 Å².